The first kappa shape index (κ1) is 18.3. The number of primary amides is 1. The number of nitrogens with zero attached hydrogens (tertiary/aromatic N) is 3. The number of fused-ring (bicyclic) bond motifs is 1. The van der Waals surface area contributed by atoms with Gasteiger partial charge in [0.1, 0.15) is 22.5 Å². The zero-order valence-electron chi connectivity index (χ0n) is 15.0. The number of aromatic nitrogens is 2. The number of thiophene rings is 2. The highest BCUT2D eigenvalue weighted by atomic mass is 32.1. The molecule has 3 aromatic rings. The summed E-state index contributed by atoms with van der Waals surface area (Å²) in [6.45, 7) is 5.60. The van der Waals surface area contributed by atoms with Crippen LogP contribution in [0.25, 0.3) is 20.7 Å². The highest BCUT2D eigenvalue weighted by Gasteiger charge is 2.20. The van der Waals surface area contributed by atoms with Gasteiger partial charge in [-0.2, -0.15) is 0 Å². The second-order valence-corrected chi connectivity index (χ2v) is 8.26. The first-order valence-corrected chi connectivity index (χ1v) is 10.6. The van der Waals surface area contributed by atoms with Gasteiger partial charge in [0.2, 0.25) is 5.91 Å². The molecule has 0 aromatic carbocycles. The standard InChI is InChI=1S/C18H21N5O2S2/c1-11(16(19)24)20-17-15-12(13-3-2-8-26-13)10-27-18(15)22-14(21-17)9-23-4-6-25-7-5-23/h2-3,8,10-11H,4-7,9H2,1H3,(H2,19,24)(H,20,21,22)/t11-/m0/s1. The fourth-order valence-electron chi connectivity index (χ4n) is 3.01. The third kappa shape index (κ3) is 3.96. The quantitative estimate of drug-likeness (QED) is 0.657. The van der Waals surface area contributed by atoms with E-state index in [0.717, 1.165) is 52.8 Å². The monoisotopic (exact) mass is 403 g/mol. The van der Waals surface area contributed by atoms with Gasteiger partial charge in [0.15, 0.2) is 0 Å². The zero-order chi connectivity index (χ0) is 18.8. The van der Waals surface area contributed by atoms with Crippen LogP contribution in [0.4, 0.5) is 5.82 Å². The molecule has 1 amide bonds. The van der Waals surface area contributed by atoms with Crippen LogP contribution in [0.3, 0.4) is 0 Å². The van der Waals surface area contributed by atoms with Crippen LogP contribution < -0.4 is 11.1 Å². The van der Waals surface area contributed by atoms with Crippen molar-refractivity contribution in [1.82, 2.24) is 14.9 Å². The van der Waals surface area contributed by atoms with Crippen molar-refractivity contribution in [3.8, 4) is 10.4 Å². The zero-order valence-corrected chi connectivity index (χ0v) is 16.6. The molecule has 1 saturated heterocycles. The minimum Gasteiger partial charge on any atom is -0.379 e. The van der Waals surface area contributed by atoms with Gasteiger partial charge in [-0.15, -0.1) is 22.7 Å². The number of morpholine rings is 1. The van der Waals surface area contributed by atoms with Gasteiger partial charge in [0.25, 0.3) is 0 Å². The second-order valence-electron chi connectivity index (χ2n) is 6.45. The molecule has 4 rings (SSSR count). The van der Waals surface area contributed by atoms with Gasteiger partial charge in [0.05, 0.1) is 25.1 Å². The van der Waals surface area contributed by atoms with Gasteiger partial charge in [-0.1, -0.05) is 6.07 Å². The molecule has 1 aliphatic rings. The van der Waals surface area contributed by atoms with Crippen molar-refractivity contribution in [2.45, 2.75) is 19.5 Å². The topological polar surface area (TPSA) is 93.4 Å². The molecule has 9 heteroatoms. The van der Waals surface area contributed by atoms with Crippen molar-refractivity contribution in [1.29, 1.82) is 0 Å². The Morgan fingerprint density at radius 2 is 2.19 bits per heavy atom. The van der Waals surface area contributed by atoms with Crippen molar-refractivity contribution < 1.29 is 9.53 Å². The number of ether oxygens (including phenoxy) is 1. The summed E-state index contributed by atoms with van der Waals surface area (Å²) in [5.74, 6) is 0.992. The van der Waals surface area contributed by atoms with E-state index < -0.39 is 11.9 Å². The van der Waals surface area contributed by atoms with E-state index in [1.807, 2.05) is 11.4 Å². The molecule has 1 aliphatic heterocycles. The lowest BCUT2D eigenvalue weighted by Gasteiger charge is -2.26. The Balaban J connectivity index is 1.75. The number of carbonyl (C=O) groups is 1. The Morgan fingerprint density at radius 3 is 2.89 bits per heavy atom. The van der Waals surface area contributed by atoms with Crippen LogP contribution in [0.2, 0.25) is 0 Å². The molecule has 142 valence electrons. The minimum absolute atomic E-state index is 0.413. The summed E-state index contributed by atoms with van der Waals surface area (Å²) in [6, 6.07) is 3.58. The van der Waals surface area contributed by atoms with E-state index in [-0.39, 0.29) is 0 Å². The fraction of sp³-hybridized carbons (Fsp3) is 0.389. The van der Waals surface area contributed by atoms with Crippen LogP contribution in [-0.2, 0) is 16.1 Å². The maximum Gasteiger partial charge on any atom is 0.239 e. The highest BCUT2D eigenvalue weighted by molar-refractivity contribution is 7.18. The lowest BCUT2D eigenvalue weighted by molar-refractivity contribution is -0.118. The maximum absolute atomic E-state index is 11.6. The first-order chi connectivity index (χ1) is 13.1. The fourth-order valence-corrected chi connectivity index (χ4v) is 4.79. The summed E-state index contributed by atoms with van der Waals surface area (Å²) in [5.41, 5.74) is 6.55. The molecule has 0 spiro atoms. The second kappa shape index (κ2) is 7.89. The Hall–Kier alpha value is -2.07. The molecule has 27 heavy (non-hydrogen) atoms. The van der Waals surface area contributed by atoms with E-state index in [1.54, 1.807) is 29.6 Å². The van der Waals surface area contributed by atoms with E-state index >= 15 is 0 Å². The number of rotatable bonds is 6. The van der Waals surface area contributed by atoms with Crippen LogP contribution in [-0.4, -0.2) is 53.1 Å². The predicted octanol–water partition coefficient (Wildman–Crippen LogP) is 2.54. The summed E-state index contributed by atoms with van der Waals surface area (Å²) < 4.78 is 5.41. The molecule has 7 nitrogen and oxygen atoms in total. The number of hydrogen-bond donors (Lipinski definition) is 2. The smallest absolute Gasteiger partial charge is 0.239 e. The minimum atomic E-state index is -0.518. The third-order valence-corrected chi connectivity index (χ3v) is 6.29. The summed E-state index contributed by atoms with van der Waals surface area (Å²) in [6.07, 6.45) is 0. The number of carbonyl (C=O) groups excluding carboxylic acids is 1. The third-order valence-electron chi connectivity index (χ3n) is 4.52. The average Bonchev–Trinajstić information content (AvgIpc) is 3.31. The number of hydrogen-bond acceptors (Lipinski definition) is 8. The van der Waals surface area contributed by atoms with Gasteiger partial charge < -0.3 is 15.8 Å². The largest absolute Gasteiger partial charge is 0.379 e. The van der Waals surface area contributed by atoms with Crippen LogP contribution in [0, 0.1) is 0 Å². The molecule has 0 saturated carbocycles. The van der Waals surface area contributed by atoms with Crippen LogP contribution in [0.15, 0.2) is 22.9 Å². The molecule has 3 aromatic heterocycles. The van der Waals surface area contributed by atoms with Gasteiger partial charge in [-0.05, 0) is 18.4 Å². The van der Waals surface area contributed by atoms with Crippen molar-refractivity contribution in [2.75, 3.05) is 31.6 Å². The van der Waals surface area contributed by atoms with Crippen LogP contribution >= 0.6 is 22.7 Å². The molecule has 0 aliphatic carbocycles. The van der Waals surface area contributed by atoms with Crippen LogP contribution in [0.1, 0.15) is 12.7 Å². The summed E-state index contributed by atoms with van der Waals surface area (Å²) >= 11 is 3.27. The molecule has 4 heterocycles. The molecule has 3 N–H and O–H groups in total. The number of nitrogens with two attached hydrogens (primary N) is 1. The van der Waals surface area contributed by atoms with Crippen molar-refractivity contribution >= 4 is 44.6 Å². The normalized spacial score (nSPS) is 16.5. The van der Waals surface area contributed by atoms with E-state index in [1.165, 1.54) is 0 Å². The van der Waals surface area contributed by atoms with Gasteiger partial charge >= 0.3 is 0 Å². The maximum atomic E-state index is 11.6. The molecule has 0 bridgehead atoms. The van der Waals surface area contributed by atoms with E-state index in [0.29, 0.717) is 12.4 Å². The summed E-state index contributed by atoms with van der Waals surface area (Å²) in [4.78, 5) is 25.5. The van der Waals surface area contributed by atoms with Gasteiger partial charge in [-0.25, -0.2) is 9.97 Å². The van der Waals surface area contributed by atoms with E-state index in [9.17, 15) is 4.79 Å². The first-order valence-electron chi connectivity index (χ1n) is 8.80. The molecule has 1 fully saturated rings. The Bertz CT molecular complexity index is 935. The van der Waals surface area contributed by atoms with Crippen molar-refractivity contribution in [2.24, 2.45) is 5.73 Å². The summed E-state index contributed by atoms with van der Waals surface area (Å²) in [7, 11) is 0. The van der Waals surface area contributed by atoms with Crippen LogP contribution in [0.5, 0.6) is 0 Å². The summed E-state index contributed by atoms with van der Waals surface area (Å²) in [5, 5.41) is 8.29. The number of amides is 1. The lowest BCUT2D eigenvalue weighted by atomic mass is 10.2. The molecular formula is C18H21N5O2S2. The van der Waals surface area contributed by atoms with E-state index in [4.69, 9.17) is 20.4 Å². The van der Waals surface area contributed by atoms with Gasteiger partial charge in [-0.3, -0.25) is 9.69 Å². The highest BCUT2D eigenvalue weighted by Crippen LogP contribution is 2.39. The van der Waals surface area contributed by atoms with E-state index in [2.05, 4.69) is 21.7 Å². The molecule has 0 unspecified atom stereocenters. The Labute approximate surface area is 165 Å². The van der Waals surface area contributed by atoms with Crippen molar-refractivity contribution in [3.63, 3.8) is 0 Å². The Morgan fingerprint density at radius 1 is 1.37 bits per heavy atom. The average molecular weight is 404 g/mol. The molecule has 0 radical (unpaired) electrons. The Kier molecular flexibility index (Phi) is 5.35. The van der Waals surface area contributed by atoms with Gasteiger partial charge in [0, 0.05) is 28.9 Å². The van der Waals surface area contributed by atoms with Crippen molar-refractivity contribution in [3.05, 3.63) is 28.7 Å². The number of anilines is 1. The SMILES string of the molecule is C[C@H](Nc1nc(CN2CCOCC2)nc2scc(-c3cccs3)c12)C(N)=O. The molecule has 1 atom stereocenters. The lowest BCUT2D eigenvalue weighted by Crippen LogP contribution is -2.36. The molecular weight excluding hydrogens is 382 g/mol. The predicted molar refractivity (Wildman–Crippen MR) is 109 cm³/mol. The number of nitrogens with one attached hydrogen (secondary N) is 1.